The van der Waals surface area contributed by atoms with Gasteiger partial charge < -0.3 is 15.2 Å². The monoisotopic (exact) mass is 351 g/mol. The van der Waals surface area contributed by atoms with E-state index >= 15 is 0 Å². The van der Waals surface area contributed by atoms with Crippen LogP contribution in [-0.2, 0) is 17.5 Å². The van der Waals surface area contributed by atoms with Crippen LogP contribution in [-0.4, -0.2) is 38.1 Å². The SMILES string of the molecule is CC(C)(Cn1nc(C(F)(F)F)cc1C(=O)O)NC(=O)OC(C)(C)C. The lowest BCUT2D eigenvalue weighted by molar-refractivity contribution is -0.141. The summed E-state index contributed by atoms with van der Waals surface area (Å²) in [6.45, 7) is 7.71. The van der Waals surface area contributed by atoms with Gasteiger partial charge in [0, 0.05) is 6.07 Å². The summed E-state index contributed by atoms with van der Waals surface area (Å²) < 4.78 is 43.9. The topological polar surface area (TPSA) is 93.5 Å². The molecular formula is C14H20F3N3O4. The number of alkyl halides is 3. The molecule has 1 rings (SSSR count). The number of rotatable bonds is 4. The number of halogens is 3. The van der Waals surface area contributed by atoms with Crippen molar-refractivity contribution in [1.29, 1.82) is 0 Å². The highest BCUT2D eigenvalue weighted by atomic mass is 19.4. The molecule has 0 saturated carbocycles. The molecular weight excluding hydrogens is 331 g/mol. The highest BCUT2D eigenvalue weighted by molar-refractivity contribution is 5.85. The zero-order valence-corrected chi connectivity index (χ0v) is 14.0. The third-order valence-corrected chi connectivity index (χ3v) is 2.67. The van der Waals surface area contributed by atoms with Crippen LogP contribution in [0.3, 0.4) is 0 Å². The summed E-state index contributed by atoms with van der Waals surface area (Å²) in [7, 11) is 0. The molecule has 0 aliphatic rings. The van der Waals surface area contributed by atoms with Crippen molar-refractivity contribution in [3.8, 4) is 0 Å². The summed E-state index contributed by atoms with van der Waals surface area (Å²) in [6.07, 6.45) is -5.54. The van der Waals surface area contributed by atoms with Crippen LogP contribution in [0.2, 0.25) is 0 Å². The van der Waals surface area contributed by atoms with Gasteiger partial charge in [0.1, 0.15) is 11.3 Å². The summed E-state index contributed by atoms with van der Waals surface area (Å²) in [5, 5.41) is 14.8. The van der Waals surface area contributed by atoms with E-state index in [1.165, 1.54) is 13.8 Å². The number of carboxylic acid groups (broad SMARTS) is 1. The average Bonchev–Trinajstić information content (AvgIpc) is 2.67. The van der Waals surface area contributed by atoms with Crippen molar-refractivity contribution in [1.82, 2.24) is 15.1 Å². The van der Waals surface area contributed by atoms with E-state index in [4.69, 9.17) is 9.84 Å². The minimum absolute atomic E-state index is 0.288. The van der Waals surface area contributed by atoms with Gasteiger partial charge in [-0.25, -0.2) is 9.59 Å². The molecule has 2 N–H and O–H groups in total. The van der Waals surface area contributed by atoms with Crippen LogP contribution in [0.15, 0.2) is 6.07 Å². The lowest BCUT2D eigenvalue weighted by atomic mass is 10.1. The number of alkyl carbamates (subject to hydrolysis) is 1. The number of hydrogen-bond donors (Lipinski definition) is 2. The van der Waals surface area contributed by atoms with Crippen LogP contribution in [0.5, 0.6) is 0 Å². The number of ether oxygens (including phenoxy) is 1. The molecule has 1 aromatic rings. The van der Waals surface area contributed by atoms with Gasteiger partial charge in [-0.1, -0.05) is 0 Å². The van der Waals surface area contributed by atoms with Gasteiger partial charge in [-0.05, 0) is 34.6 Å². The molecule has 1 aromatic heterocycles. The number of nitrogens with one attached hydrogen (secondary N) is 1. The zero-order chi connectivity index (χ0) is 18.9. The molecule has 0 spiro atoms. The summed E-state index contributed by atoms with van der Waals surface area (Å²) in [4.78, 5) is 22.9. The van der Waals surface area contributed by atoms with E-state index in [-0.39, 0.29) is 6.54 Å². The predicted molar refractivity (Wildman–Crippen MR) is 77.6 cm³/mol. The van der Waals surface area contributed by atoms with Crippen LogP contribution >= 0.6 is 0 Å². The summed E-state index contributed by atoms with van der Waals surface area (Å²) in [5.41, 5.74) is -3.78. The molecule has 10 heteroatoms. The Bertz CT molecular complexity index is 630. The minimum atomic E-state index is -4.77. The lowest BCUT2D eigenvalue weighted by Crippen LogP contribution is -2.48. The van der Waals surface area contributed by atoms with Crippen LogP contribution in [0, 0.1) is 0 Å². The van der Waals surface area contributed by atoms with Gasteiger partial charge in [0.25, 0.3) is 0 Å². The van der Waals surface area contributed by atoms with E-state index in [1.807, 2.05) is 0 Å². The maximum Gasteiger partial charge on any atom is 0.435 e. The summed E-state index contributed by atoms with van der Waals surface area (Å²) in [6, 6.07) is 0.450. The first-order chi connectivity index (χ1) is 10.6. The van der Waals surface area contributed by atoms with Crippen molar-refractivity contribution in [3.05, 3.63) is 17.5 Å². The molecule has 7 nitrogen and oxygen atoms in total. The van der Waals surface area contributed by atoms with Gasteiger partial charge in [-0.15, -0.1) is 0 Å². The molecule has 0 aliphatic carbocycles. The number of aromatic carboxylic acids is 1. The van der Waals surface area contributed by atoms with Crippen molar-refractivity contribution in [3.63, 3.8) is 0 Å². The van der Waals surface area contributed by atoms with Gasteiger partial charge >= 0.3 is 18.2 Å². The predicted octanol–water partition coefficient (Wildman–Crippen LogP) is 2.90. The first-order valence-corrected chi connectivity index (χ1v) is 7.00. The third-order valence-electron chi connectivity index (χ3n) is 2.67. The van der Waals surface area contributed by atoms with Gasteiger partial charge in [-0.2, -0.15) is 18.3 Å². The number of carbonyl (C=O) groups excluding carboxylic acids is 1. The second-order valence-electron chi connectivity index (χ2n) is 6.89. The Morgan fingerprint density at radius 2 is 1.79 bits per heavy atom. The second-order valence-corrected chi connectivity index (χ2v) is 6.89. The molecule has 0 fully saturated rings. The third kappa shape index (κ3) is 5.74. The van der Waals surface area contributed by atoms with Crippen LogP contribution in [0.4, 0.5) is 18.0 Å². The number of nitrogens with zero attached hydrogens (tertiary/aromatic N) is 2. The van der Waals surface area contributed by atoms with E-state index in [2.05, 4.69) is 10.4 Å². The standard InChI is InChI=1S/C14H20F3N3O4/c1-12(2,3)24-11(23)18-13(4,5)7-20-8(10(21)22)6-9(19-20)14(15,16)17/h6H,7H2,1-5H3,(H,18,23)(H,21,22). The smallest absolute Gasteiger partial charge is 0.435 e. The fourth-order valence-electron chi connectivity index (χ4n) is 1.84. The minimum Gasteiger partial charge on any atom is -0.477 e. The van der Waals surface area contributed by atoms with Gasteiger partial charge in [0.05, 0.1) is 12.1 Å². The largest absolute Gasteiger partial charge is 0.477 e. The second kappa shape index (κ2) is 6.33. The van der Waals surface area contributed by atoms with Gasteiger partial charge in [0.2, 0.25) is 0 Å². The summed E-state index contributed by atoms with van der Waals surface area (Å²) in [5.74, 6) is -1.55. The fourth-order valence-corrected chi connectivity index (χ4v) is 1.84. The van der Waals surface area contributed by atoms with Crippen molar-refractivity contribution in [2.45, 2.75) is 58.5 Å². The van der Waals surface area contributed by atoms with Gasteiger partial charge in [0.15, 0.2) is 5.69 Å². The lowest BCUT2D eigenvalue weighted by Gasteiger charge is -2.28. The number of amides is 1. The molecule has 24 heavy (non-hydrogen) atoms. The Balaban J connectivity index is 3.00. The first-order valence-electron chi connectivity index (χ1n) is 7.00. The Kier molecular flexibility index (Phi) is 5.22. The molecule has 0 unspecified atom stereocenters. The Morgan fingerprint density at radius 3 is 2.21 bits per heavy atom. The van der Waals surface area contributed by atoms with Crippen LogP contribution in [0.1, 0.15) is 50.8 Å². The van der Waals surface area contributed by atoms with E-state index in [0.29, 0.717) is 10.7 Å². The van der Waals surface area contributed by atoms with Crippen LogP contribution < -0.4 is 5.32 Å². The Morgan fingerprint density at radius 1 is 1.25 bits per heavy atom. The first kappa shape index (κ1) is 19.8. The normalized spacial score (nSPS) is 12.8. The highest BCUT2D eigenvalue weighted by Gasteiger charge is 2.37. The van der Waals surface area contributed by atoms with Crippen LogP contribution in [0.25, 0.3) is 0 Å². The molecule has 0 radical (unpaired) electrons. The van der Waals surface area contributed by atoms with Crippen molar-refractivity contribution in [2.24, 2.45) is 0 Å². The molecule has 0 atom stereocenters. The zero-order valence-electron chi connectivity index (χ0n) is 14.0. The van der Waals surface area contributed by atoms with Crippen molar-refractivity contribution < 1.29 is 32.6 Å². The molecule has 0 aromatic carbocycles. The number of aromatic nitrogens is 2. The summed E-state index contributed by atoms with van der Waals surface area (Å²) >= 11 is 0. The fraction of sp³-hybridized carbons (Fsp3) is 0.643. The Hall–Kier alpha value is -2.26. The molecule has 0 bridgehead atoms. The molecule has 0 aliphatic heterocycles. The Labute approximate surface area is 136 Å². The maximum absolute atomic E-state index is 12.7. The molecule has 1 amide bonds. The molecule has 1 heterocycles. The van der Waals surface area contributed by atoms with E-state index in [1.54, 1.807) is 20.8 Å². The maximum atomic E-state index is 12.7. The van der Waals surface area contributed by atoms with Crippen molar-refractivity contribution in [2.75, 3.05) is 0 Å². The van der Waals surface area contributed by atoms with E-state index in [9.17, 15) is 22.8 Å². The quantitative estimate of drug-likeness (QED) is 0.870. The van der Waals surface area contributed by atoms with Gasteiger partial charge in [-0.3, -0.25) is 4.68 Å². The van der Waals surface area contributed by atoms with E-state index in [0.717, 1.165) is 0 Å². The van der Waals surface area contributed by atoms with E-state index < -0.39 is 40.8 Å². The number of carbonyl (C=O) groups is 2. The average molecular weight is 351 g/mol. The number of carboxylic acids is 1. The number of hydrogen-bond acceptors (Lipinski definition) is 4. The highest BCUT2D eigenvalue weighted by Crippen LogP contribution is 2.29. The molecule has 136 valence electrons. The van der Waals surface area contributed by atoms with Crippen molar-refractivity contribution >= 4 is 12.1 Å². The molecule has 0 saturated heterocycles.